The third-order valence-electron chi connectivity index (χ3n) is 6.77. The van der Waals surface area contributed by atoms with Crippen LogP contribution in [0.25, 0.3) is 0 Å². The van der Waals surface area contributed by atoms with Crippen molar-refractivity contribution in [3.63, 3.8) is 0 Å². The number of carbonyl (C=O) groups is 2. The number of aliphatic carboxylic acids is 1. The Hall–Kier alpha value is -1.50. The first kappa shape index (κ1) is 23.2. The van der Waals surface area contributed by atoms with Gasteiger partial charge in [0.2, 0.25) is 0 Å². The number of anilines is 1. The molecule has 8 heteroatoms. The maximum atomic E-state index is 13.2. The molecule has 2 fully saturated rings. The molecule has 1 aromatic carbocycles. The molecule has 4 rings (SSSR count). The number of fused-ring (bicyclic) bond motifs is 1. The SMILES string of the molecule is Cl.O=C(O)CCC1CCC(N2CCN(c3cc(Cl)c4c(c3)CCNCC4)C2=O)CC1. The lowest BCUT2D eigenvalue weighted by Gasteiger charge is -2.34. The fourth-order valence-electron chi connectivity index (χ4n) is 5.10. The van der Waals surface area contributed by atoms with Crippen molar-refractivity contribution in [2.75, 3.05) is 31.1 Å². The molecule has 0 radical (unpaired) electrons. The molecule has 0 unspecified atom stereocenters. The summed E-state index contributed by atoms with van der Waals surface area (Å²) in [5.41, 5.74) is 3.38. The van der Waals surface area contributed by atoms with Crippen LogP contribution >= 0.6 is 24.0 Å². The lowest BCUT2D eigenvalue weighted by Crippen LogP contribution is -2.41. The third kappa shape index (κ3) is 5.04. The van der Waals surface area contributed by atoms with Gasteiger partial charge in [0.1, 0.15) is 0 Å². The van der Waals surface area contributed by atoms with E-state index in [1.807, 2.05) is 15.9 Å². The van der Waals surface area contributed by atoms with E-state index >= 15 is 0 Å². The van der Waals surface area contributed by atoms with Crippen molar-refractivity contribution in [1.29, 1.82) is 0 Å². The van der Waals surface area contributed by atoms with Crippen LogP contribution in [0.2, 0.25) is 5.02 Å². The summed E-state index contributed by atoms with van der Waals surface area (Å²) in [6, 6.07) is 4.46. The van der Waals surface area contributed by atoms with E-state index in [-0.39, 0.29) is 30.9 Å². The van der Waals surface area contributed by atoms with E-state index in [0.717, 1.165) is 75.3 Å². The van der Waals surface area contributed by atoms with Crippen LogP contribution in [0.4, 0.5) is 10.5 Å². The lowest BCUT2D eigenvalue weighted by atomic mass is 9.83. The van der Waals surface area contributed by atoms with Crippen LogP contribution < -0.4 is 10.2 Å². The fourth-order valence-corrected chi connectivity index (χ4v) is 5.43. The average Bonchev–Trinajstić information content (AvgIpc) is 2.93. The second kappa shape index (κ2) is 10.2. The molecule has 0 aromatic heterocycles. The first-order valence-corrected chi connectivity index (χ1v) is 11.2. The Morgan fingerprint density at radius 1 is 1.13 bits per heavy atom. The summed E-state index contributed by atoms with van der Waals surface area (Å²) >= 11 is 6.58. The number of amides is 2. The predicted octanol–water partition coefficient (Wildman–Crippen LogP) is 4.12. The maximum Gasteiger partial charge on any atom is 0.324 e. The Kier molecular flexibility index (Phi) is 7.88. The molecule has 166 valence electrons. The zero-order valence-corrected chi connectivity index (χ0v) is 18.8. The van der Waals surface area contributed by atoms with Crippen molar-refractivity contribution >= 4 is 41.7 Å². The maximum absolute atomic E-state index is 13.2. The number of nitrogens with one attached hydrogen (secondary N) is 1. The Labute approximate surface area is 189 Å². The van der Waals surface area contributed by atoms with Crippen LogP contribution in [-0.2, 0) is 17.6 Å². The largest absolute Gasteiger partial charge is 0.481 e. The van der Waals surface area contributed by atoms with Gasteiger partial charge in [0.25, 0.3) is 0 Å². The number of benzene rings is 1. The van der Waals surface area contributed by atoms with Gasteiger partial charge in [0.05, 0.1) is 0 Å². The number of carboxylic acid groups (broad SMARTS) is 1. The third-order valence-corrected chi connectivity index (χ3v) is 7.11. The molecule has 2 N–H and O–H groups in total. The molecule has 2 heterocycles. The van der Waals surface area contributed by atoms with E-state index in [4.69, 9.17) is 16.7 Å². The van der Waals surface area contributed by atoms with Crippen LogP contribution in [0.5, 0.6) is 0 Å². The fraction of sp³-hybridized carbons (Fsp3) is 0.636. The molecule has 1 saturated carbocycles. The molecule has 2 amide bonds. The normalized spacial score (nSPS) is 24.2. The number of carbonyl (C=O) groups excluding carboxylic acids is 1. The minimum atomic E-state index is -0.715. The van der Waals surface area contributed by atoms with Gasteiger partial charge in [-0.15, -0.1) is 12.4 Å². The van der Waals surface area contributed by atoms with Gasteiger partial charge in [0, 0.05) is 36.3 Å². The minimum Gasteiger partial charge on any atom is -0.481 e. The predicted molar refractivity (Wildman–Crippen MR) is 121 cm³/mol. The van der Waals surface area contributed by atoms with Gasteiger partial charge < -0.3 is 15.3 Å². The molecule has 0 bridgehead atoms. The quantitative estimate of drug-likeness (QED) is 0.700. The van der Waals surface area contributed by atoms with Crippen LogP contribution in [0.3, 0.4) is 0 Å². The highest BCUT2D eigenvalue weighted by Crippen LogP contribution is 2.35. The van der Waals surface area contributed by atoms with Crippen LogP contribution in [0, 0.1) is 5.92 Å². The van der Waals surface area contributed by atoms with Gasteiger partial charge in [0.15, 0.2) is 0 Å². The number of urea groups is 1. The van der Waals surface area contributed by atoms with Gasteiger partial charge in [-0.3, -0.25) is 9.69 Å². The van der Waals surface area contributed by atoms with E-state index in [1.165, 1.54) is 11.1 Å². The van der Waals surface area contributed by atoms with Crippen molar-refractivity contribution in [3.05, 3.63) is 28.3 Å². The molecule has 3 aliphatic rings. The standard InChI is InChI=1S/C22H30ClN3O3.ClH/c23-20-14-18(13-16-7-9-24-10-8-19(16)20)26-12-11-25(22(26)29)17-4-1-15(2-5-17)3-6-21(27)28;/h13-15,17,24H,1-12H2,(H,27,28);1H. The number of rotatable bonds is 5. The number of nitrogens with zero attached hydrogens (tertiary/aromatic N) is 2. The van der Waals surface area contributed by atoms with E-state index < -0.39 is 5.97 Å². The van der Waals surface area contributed by atoms with Gasteiger partial charge in [-0.2, -0.15) is 0 Å². The van der Waals surface area contributed by atoms with Crippen LogP contribution in [0.15, 0.2) is 12.1 Å². The van der Waals surface area contributed by atoms with Crippen LogP contribution in [-0.4, -0.2) is 54.2 Å². The zero-order valence-electron chi connectivity index (χ0n) is 17.2. The van der Waals surface area contributed by atoms with Crippen LogP contribution in [0.1, 0.15) is 49.7 Å². The first-order valence-electron chi connectivity index (χ1n) is 10.8. The molecule has 2 aliphatic heterocycles. The lowest BCUT2D eigenvalue weighted by molar-refractivity contribution is -0.137. The molecule has 1 aliphatic carbocycles. The summed E-state index contributed by atoms with van der Waals surface area (Å²) in [5, 5.41) is 13.1. The van der Waals surface area contributed by atoms with Gasteiger partial charge in [-0.25, -0.2) is 4.79 Å². The van der Waals surface area contributed by atoms with Gasteiger partial charge in [-0.05, 0) is 87.2 Å². The monoisotopic (exact) mass is 455 g/mol. The topological polar surface area (TPSA) is 72.9 Å². The Morgan fingerprint density at radius 3 is 2.60 bits per heavy atom. The molecular formula is C22H31Cl2N3O3. The molecule has 0 spiro atoms. The van der Waals surface area contributed by atoms with Gasteiger partial charge in [-0.1, -0.05) is 11.6 Å². The summed E-state index contributed by atoms with van der Waals surface area (Å²) in [7, 11) is 0. The van der Waals surface area contributed by atoms with Gasteiger partial charge >= 0.3 is 12.0 Å². The second-order valence-corrected chi connectivity index (χ2v) is 8.96. The Balaban J connectivity index is 0.00000256. The zero-order chi connectivity index (χ0) is 20.4. The van der Waals surface area contributed by atoms with Crippen molar-refractivity contribution in [1.82, 2.24) is 10.2 Å². The summed E-state index contributed by atoms with van der Waals surface area (Å²) < 4.78 is 0. The highest BCUT2D eigenvalue weighted by atomic mass is 35.5. The summed E-state index contributed by atoms with van der Waals surface area (Å²) in [5.74, 6) is -0.235. The van der Waals surface area contributed by atoms with Crippen molar-refractivity contribution in [3.8, 4) is 0 Å². The number of hydrogen-bond acceptors (Lipinski definition) is 3. The molecule has 0 atom stereocenters. The van der Waals surface area contributed by atoms with E-state index in [0.29, 0.717) is 12.5 Å². The van der Waals surface area contributed by atoms with E-state index in [1.54, 1.807) is 0 Å². The number of hydrogen-bond donors (Lipinski definition) is 2. The van der Waals surface area contributed by atoms with Crippen molar-refractivity contribution < 1.29 is 14.7 Å². The smallest absolute Gasteiger partial charge is 0.324 e. The Bertz CT molecular complexity index is 781. The molecule has 6 nitrogen and oxygen atoms in total. The summed E-state index contributed by atoms with van der Waals surface area (Å²) in [4.78, 5) is 27.9. The van der Waals surface area contributed by atoms with Crippen molar-refractivity contribution in [2.24, 2.45) is 5.92 Å². The molecule has 1 saturated heterocycles. The summed E-state index contributed by atoms with van der Waals surface area (Å²) in [6.45, 7) is 3.33. The molecule has 1 aromatic rings. The average molecular weight is 456 g/mol. The molecular weight excluding hydrogens is 425 g/mol. The highest BCUT2D eigenvalue weighted by molar-refractivity contribution is 6.31. The van der Waals surface area contributed by atoms with E-state index in [9.17, 15) is 9.59 Å². The summed E-state index contributed by atoms with van der Waals surface area (Å²) in [6.07, 6.45) is 6.85. The Morgan fingerprint density at radius 2 is 1.87 bits per heavy atom. The van der Waals surface area contributed by atoms with Crippen molar-refractivity contribution in [2.45, 2.75) is 57.4 Å². The second-order valence-electron chi connectivity index (χ2n) is 8.55. The first-order chi connectivity index (χ1) is 14.0. The minimum absolute atomic E-state index is 0. The number of halogens is 2. The number of carboxylic acids is 1. The highest BCUT2D eigenvalue weighted by Gasteiger charge is 2.36. The van der Waals surface area contributed by atoms with E-state index in [2.05, 4.69) is 11.4 Å². The molecule has 30 heavy (non-hydrogen) atoms.